The summed E-state index contributed by atoms with van der Waals surface area (Å²) in [6.45, 7) is 2.08. The lowest BCUT2D eigenvalue weighted by atomic mass is 10.1. The van der Waals surface area contributed by atoms with Crippen molar-refractivity contribution in [1.29, 1.82) is 0 Å². The summed E-state index contributed by atoms with van der Waals surface area (Å²) in [6.07, 6.45) is 0.892. The van der Waals surface area contributed by atoms with Gasteiger partial charge in [0.25, 0.3) is 5.91 Å². The lowest BCUT2D eigenvalue weighted by Crippen LogP contribution is -2.12. The van der Waals surface area contributed by atoms with Crippen molar-refractivity contribution >= 4 is 38.6 Å². The van der Waals surface area contributed by atoms with Gasteiger partial charge >= 0.3 is 5.97 Å². The van der Waals surface area contributed by atoms with Crippen LogP contribution in [-0.2, 0) is 11.2 Å². The number of amides is 1. The number of nitrogens with zero attached hydrogens (tertiary/aromatic N) is 1. The first-order valence-electron chi connectivity index (χ1n) is 7.50. The number of hydrogen-bond acceptors (Lipinski definition) is 5. The fourth-order valence-electron chi connectivity index (χ4n) is 2.39. The van der Waals surface area contributed by atoms with E-state index in [9.17, 15) is 9.59 Å². The zero-order valence-electron chi connectivity index (χ0n) is 13.3. The Balaban J connectivity index is 1.80. The predicted molar refractivity (Wildman–Crippen MR) is 94.7 cm³/mol. The monoisotopic (exact) mass is 340 g/mol. The Labute approximate surface area is 143 Å². The molecule has 0 atom stereocenters. The van der Waals surface area contributed by atoms with E-state index < -0.39 is 5.97 Å². The second-order valence-electron chi connectivity index (χ2n) is 5.16. The zero-order chi connectivity index (χ0) is 17.1. The number of methoxy groups -OCH3 is 1. The molecule has 0 unspecified atom stereocenters. The molecule has 1 N–H and O–H groups in total. The number of carbonyl (C=O) groups excluding carboxylic acids is 2. The first-order valence-corrected chi connectivity index (χ1v) is 8.32. The Kier molecular flexibility index (Phi) is 4.57. The fraction of sp³-hybridized carbons (Fsp3) is 0.167. The number of benzene rings is 2. The number of hydrogen-bond donors (Lipinski definition) is 1. The molecule has 5 nitrogen and oxygen atoms in total. The van der Waals surface area contributed by atoms with Gasteiger partial charge in [-0.25, -0.2) is 9.78 Å². The van der Waals surface area contributed by atoms with E-state index in [1.807, 2.05) is 18.2 Å². The number of anilines is 1. The van der Waals surface area contributed by atoms with E-state index in [4.69, 9.17) is 0 Å². The summed E-state index contributed by atoms with van der Waals surface area (Å²) in [4.78, 5) is 28.3. The zero-order valence-corrected chi connectivity index (χ0v) is 14.1. The SMILES string of the molecule is CCc1cccc2sc(NC(=O)c3ccc(C(=O)OC)cc3)nc12. The van der Waals surface area contributed by atoms with E-state index in [1.165, 1.54) is 18.4 Å². The van der Waals surface area contributed by atoms with E-state index in [1.54, 1.807) is 24.3 Å². The molecule has 6 heteroatoms. The Hall–Kier alpha value is -2.73. The highest BCUT2D eigenvalue weighted by Crippen LogP contribution is 2.28. The normalized spacial score (nSPS) is 10.6. The van der Waals surface area contributed by atoms with Crippen LogP contribution in [0.4, 0.5) is 5.13 Å². The van der Waals surface area contributed by atoms with Gasteiger partial charge in [0.15, 0.2) is 5.13 Å². The molecule has 0 fully saturated rings. The molecule has 0 radical (unpaired) electrons. The molecule has 2 aromatic carbocycles. The van der Waals surface area contributed by atoms with Gasteiger partial charge in [-0.1, -0.05) is 30.4 Å². The molecular weight excluding hydrogens is 324 g/mol. The number of aromatic nitrogens is 1. The Bertz CT molecular complexity index is 900. The number of para-hydroxylation sites is 1. The standard InChI is InChI=1S/C18H16N2O3S/c1-3-11-5-4-6-14-15(11)19-18(24-14)20-16(21)12-7-9-13(10-8-12)17(22)23-2/h4-10H,3H2,1-2H3,(H,19,20,21). The van der Waals surface area contributed by atoms with Crippen molar-refractivity contribution < 1.29 is 14.3 Å². The van der Waals surface area contributed by atoms with Gasteiger partial charge in [-0.05, 0) is 42.3 Å². The number of thiazole rings is 1. The largest absolute Gasteiger partial charge is 0.465 e. The maximum absolute atomic E-state index is 12.3. The molecule has 24 heavy (non-hydrogen) atoms. The van der Waals surface area contributed by atoms with Crippen LogP contribution in [0.25, 0.3) is 10.2 Å². The summed E-state index contributed by atoms with van der Waals surface area (Å²) in [5.41, 5.74) is 2.95. The first kappa shape index (κ1) is 16.1. The summed E-state index contributed by atoms with van der Waals surface area (Å²) in [5.74, 6) is -0.691. The Morgan fingerprint density at radius 2 is 1.83 bits per heavy atom. The summed E-state index contributed by atoms with van der Waals surface area (Å²) in [7, 11) is 1.32. The Morgan fingerprint density at radius 1 is 1.12 bits per heavy atom. The highest BCUT2D eigenvalue weighted by Gasteiger charge is 2.12. The van der Waals surface area contributed by atoms with Gasteiger partial charge < -0.3 is 4.74 Å². The van der Waals surface area contributed by atoms with E-state index >= 15 is 0 Å². The smallest absolute Gasteiger partial charge is 0.337 e. The number of fused-ring (bicyclic) bond motifs is 1. The summed E-state index contributed by atoms with van der Waals surface area (Å²) in [5, 5.41) is 3.38. The maximum atomic E-state index is 12.3. The van der Waals surface area contributed by atoms with Crippen LogP contribution in [0, 0.1) is 0 Å². The van der Waals surface area contributed by atoms with Crippen molar-refractivity contribution in [3.05, 3.63) is 59.2 Å². The van der Waals surface area contributed by atoms with Crippen molar-refractivity contribution in [2.24, 2.45) is 0 Å². The number of aryl methyl sites for hydroxylation is 1. The maximum Gasteiger partial charge on any atom is 0.337 e. The summed E-state index contributed by atoms with van der Waals surface area (Å²) >= 11 is 1.44. The molecule has 0 saturated heterocycles. The van der Waals surface area contributed by atoms with E-state index in [2.05, 4.69) is 22.0 Å². The topological polar surface area (TPSA) is 68.3 Å². The summed E-state index contributed by atoms with van der Waals surface area (Å²) < 4.78 is 5.69. The molecule has 0 aliphatic heterocycles. The van der Waals surface area contributed by atoms with Crippen LogP contribution in [0.2, 0.25) is 0 Å². The van der Waals surface area contributed by atoms with E-state index in [0.717, 1.165) is 22.2 Å². The van der Waals surface area contributed by atoms with Gasteiger partial charge in [0.1, 0.15) is 0 Å². The average Bonchev–Trinajstić information content (AvgIpc) is 3.03. The first-order chi connectivity index (χ1) is 11.6. The molecule has 1 heterocycles. The minimum atomic E-state index is -0.430. The van der Waals surface area contributed by atoms with Crippen LogP contribution in [-0.4, -0.2) is 24.0 Å². The second-order valence-corrected chi connectivity index (χ2v) is 6.19. The lowest BCUT2D eigenvalue weighted by molar-refractivity contribution is 0.0600. The number of nitrogens with one attached hydrogen (secondary N) is 1. The third-order valence-corrected chi connectivity index (χ3v) is 4.61. The van der Waals surface area contributed by atoms with Crippen molar-refractivity contribution in [1.82, 2.24) is 4.98 Å². The minimum absolute atomic E-state index is 0.261. The van der Waals surface area contributed by atoms with Crippen molar-refractivity contribution in [3.8, 4) is 0 Å². The Morgan fingerprint density at radius 3 is 2.50 bits per heavy atom. The summed E-state index contributed by atoms with van der Waals surface area (Å²) in [6, 6.07) is 12.3. The molecule has 0 aliphatic rings. The highest BCUT2D eigenvalue weighted by atomic mass is 32.1. The second kappa shape index (κ2) is 6.80. The molecule has 1 aromatic heterocycles. The van der Waals surface area contributed by atoms with Gasteiger partial charge in [-0.15, -0.1) is 0 Å². The van der Waals surface area contributed by atoms with Crippen LogP contribution in [0.5, 0.6) is 0 Å². The molecular formula is C18H16N2O3S. The van der Waals surface area contributed by atoms with Gasteiger partial charge in [-0.3, -0.25) is 10.1 Å². The van der Waals surface area contributed by atoms with E-state index in [0.29, 0.717) is 16.3 Å². The van der Waals surface area contributed by atoms with Gasteiger partial charge in [-0.2, -0.15) is 0 Å². The van der Waals surface area contributed by atoms with Crippen LogP contribution >= 0.6 is 11.3 Å². The molecule has 122 valence electrons. The molecule has 3 aromatic rings. The molecule has 0 saturated carbocycles. The van der Waals surface area contributed by atoms with Gasteiger partial charge in [0, 0.05) is 5.56 Å². The molecule has 0 bridgehead atoms. The average molecular weight is 340 g/mol. The minimum Gasteiger partial charge on any atom is -0.465 e. The predicted octanol–water partition coefficient (Wildman–Crippen LogP) is 3.90. The highest BCUT2D eigenvalue weighted by molar-refractivity contribution is 7.22. The number of rotatable bonds is 4. The van der Waals surface area contributed by atoms with Crippen molar-refractivity contribution in [3.63, 3.8) is 0 Å². The molecule has 3 rings (SSSR count). The third kappa shape index (κ3) is 3.14. The van der Waals surface area contributed by atoms with Crippen molar-refractivity contribution in [2.75, 3.05) is 12.4 Å². The van der Waals surface area contributed by atoms with Crippen LogP contribution in [0.1, 0.15) is 33.2 Å². The molecule has 1 amide bonds. The molecule has 0 aliphatic carbocycles. The number of esters is 1. The van der Waals surface area contributed by atoms with E-state index in [-0.39, 0.29) is 5.91 Å². The van der Waals surface area contributed by atoms with Gasteiger partial charge in [0.2, 0.25) is 0 Å². The van der Waals surface area contributed by atoms with Crippen molar-refractivity contribution in [2.45, 2.75) is 13.3 Å². The van der Waals surface area contributed by atoms with Crippen LogP contribution in [0.15, 0.2) is 42.5 Å². The van der Waals surface area contributed by atoms with Crippen LogP contribution < -0.4 is 5.32 Å². The van der Waals surface area contributed by atoms with Crippen LogP contribution in [0.3, 0.4) is 0 Å². The number of ether oxygens (including phenoxy) is 1. The molecule has 0 spiro atoms. The quantitative estimate of drug-likeness (QED) is 0.732. The third-order valence-electron chi connectivity index (χ3n) is 3.67. The lowest BCUT2D eigenvalue weighted by Gasteiger charge is -2.03. The van der Waals surface area contributed by atoms with Gasteiger partial charge in [0.05, 0.1) is 22.9 Å². The fourth-order valence-corrected chi connectivity index (χ4v) is 3.30. The number of carbonyl (C=O) groups is 2.